The third kappa shape index (κ3) is 4.75. The van der Waals surface area contributed by atoms with Gasteiger partial charge in [-0.15, -0.1) is 0 Å². The van der Waals surface area contributed by atoms with Crippen LogP contribution < -0.4 is 10.1 Å². The van der Waals surface area contributed by atoms with Crippen molar-refractivity contribution < 1.29 is 18.8 Å². The average Bonchev–Trinajstić information content (AvgIpc) is 3.31. The Morgan fingerprint density at radius 2 is 1.91 bits per heavy atom. The standard InChI is InChI=1S/C25H28N4O4/c1-16-9-11-18(12-10-16)23-27-24(33-28-23)21-17(2)29(13-6-14-31-3)25(30)26-22(21)19-7-5-8-20(15-19)32-4/h5,7-12,15,22H,6,13-14H2,1-4H3,(H,26,30). The van der Waals surface area contributed by atoms with Gasteiger partial charge in [0.2, 0.25) is 5.82 Å². The van der Waals surface area contributed by atoms with Crippen LogP contribution in [0.4, 0.5) is 4.79 Å². The number of carbonyl (C=O) groups excluding carboxylic acids is 1. The summed E-state index contributed by atoms with van der Waals surface area (Å²) in [5.74, 6) is 1.57. The highest BCUT2D eigenvalue weighted by Crippen LogP contribution is 2.38. The molecule has 1 aliphatic rings. The minimum absolute atomic E-state index is 0.182. The Morgan fingerprint density at radius 3 is 2.64 bits per heavy atom. The fraction of sp³-hybridized carbons (Fsp3) is 0.320. The summed E-state index contributed by atoms with van der Waals surface area (Å²) >= 11 is 0. The molecule has 0 aliphatic carbocycles. The number of aromatic nitrogens is 2. The molecule has 4 rings (SSSR count). The maximum atomic E-state index is 13.0. The second kappa shape index (κ2) is 9.87. The summed E-state index contributed by atoms with van der Waals surface area (Å²) in [6, 6.07) is 14.9. The second-order valence-corrected chi connectivity index (χ2v) is 7.95. The van der Waals surface area contributed by atoms with E-state index in [1.165, 1.54) is 0 Å². The minimum Gasteiger partial charge on any atom is -0.497 e. The molecule has 3 aromatic rings. The fourth-order valence-corrected chi connectivity index (χ4v) is 3.92. The van der Waals surface area contributed by atoms with Gasteiger partial charge < -0.3 is 19.3 Å². The molecule has 0 fully saturated rings. The number of aryl methyl sites for hydroxylation is 1. The molecule has 0 bridgehead atoms. The molecule has 1 N–H and O–H groups in total. The van der Waals surface area contributed by atoms with Crippen molar-refractivity contribution in [3.05, 3.63) is 71.2 Å². The number of rotatable bonds is 8. The lowest BCUT2D eigenvalue weighted by atomic mass is 9.94. The molecule has 1 atom stereocenters. The third-order valence-corrected chi connectivity index (χ3v) is 5.72. The summed E-state index contributed by atoms with van der Waals surface area (Å²) in [5.41, 5.74) is 4.40. The van der Waals surface area contributed by atoms with Crippen molar-refractivity contribution in [2.75, 3.05) is 27.4 Å². The Hall–Kier alpha value is -3.65. The van der Waals surface area contributed by atoms with Gasteiger partial charge in [0.05, 0.1) is 18.7 Å². The van der Waals surface area contributed by atoms with Crippen LogP contribution in [-0.2, 0) is 4.74 Å². The zero-order chi connectivity index (χ0) is 23.4. The third-order valence-electron chi connectivity index (χ3n) is 5.72. The van der Waals surface area contributed by atoms with Crippen LogP contribution in [0.1, 0.15) is 36.4 Å². The number of hydrogen-bond acceptors (Lipinski definition) is 6. The number of nitrogens with zero attached hydrogens (tertiary/aromatic N) is 3. The zero-order valence-corrected chi connectivity index (χ0v) is 19.3. The van der Waals surface area contributed by atoms with Crippen LogP contribution >= 0.6 is 0 Å². The molecule has 8 nitrogen and oxygen atoms in total. The van der Waals surface area contributed by atoms with Crippen LogP contribution in [0.5, 0.6) is 5.75 Å². The van der Waals surface area contributed by atoms with Gasteiger partial charge in [-0.25, -0.2) is 4.79 Å². The molecule has 1 unspecified atom stereocenters. The van der Waals surface area contributed by atoms with E-state index >= 15 is 0 Å². The van der Waals surface area contributed by atoms with Crippen LogP contribution in [0.25, 0.3) is 17.0 Å². The SMILES string of the molecule is COCCCN1C(=O)NC(c2cccc(OC)c2)C(c2nc(-c3ccc(C)cc3)no2)=C1C. The quantitative estimate of drug-likeness (QED) is 0.507. The van der Waals surface area contributed by atoms with Crippen LogP contribution in [0.15, 0.2) is 58.8 Å². The lowest BCUT2D eigenvalue weighted by Crippen LogP contribution is -2.46. The van der Waals surface area contributed by atoms with Gasteiger partial charge in [-0.1, -0.05) is 47.1 Å². The van der Waals surface area contributed by atoms with E-state index in [-0.39, 0.29) is 6.03 Å². The highest BCUT2D eigenvalue weighted by molar-refractivity contribution is 5.87. The number of hydrogen-bond donors (Lipinski definition) is 1. The monoisotopic (exact) mass is 448 g/mol. The highest BCUT2D eigenvalue weighted by Gasteiger charge is 2.35. The van der Waals surface area contributed by atoms with Gasteiger partial charge in [0.25, 0.3) is 5.89 Å². The van der Waals surface area contributed by atoms with Gasteiger partial charge in [0.15, 0.2) is 0 Å². The minimum atomic E-state index is -0.461. The molecule has 8 heteroatoms. The topological polar surface area (TPSA) is 89.7 Å². The molecule has 33 heavy (non-hydrogen) atoms. The van der Waals surface area contributed by atoms with E-state index in [1.807, 2.05) is 62.4 Å². The highest BCUT2D eigenvalue weighted by atomic mass is 16.5. The molecule has 0 saturated carbocycles. The number of amides is 2. The molecule has 2 aromatic carbocycles. The smallest absolute Gasteiger partial charge is 0.322 e. The van der Waals surface area contributed by atoms with E-state index in [2.05, 4.69) is 15.5 Å². The van der Waals surface area contributed by atoms with Crippen molar-refractivity contribution in [2.45, 2.75) is 26.3 Å². The Morgan fingerprint density at radius 1 is 1.12 bits per heavy atom. The molecule has 1 aliphatic heterocycles. The van der Waals surface area contributed by atoms with Gasteiger partial charge in [-0.2, -0.15) is 4.98 Å². The number of nitrogens with one attached hydrogen (secondary N) is 1. The first kappa shape index (κ1) is 22.5. The van der Waals surface area contributed by atoms with E-state index in [4.69, 9.17) is 14.0 Å². The Bertz CT molecular complexity index is 1150. The first-order valence-electron chi connectivity index (χ1n) is 10.8. The second-order valence-electron chi connectivity index (χ2n) is 7.95. The molecular weight excluding hydrogens is 420 g/mol. The Labute approximate surface area is 193 Å². The summed E-state index contributed by atoms with van der Waals surface area (Å²) in [5, 5.41) is 7.31. The number of carbonyl (C=O) groups is 1. The number of methoxy groups -OCH3 is 2. The van der Waals surface area contributed by atoms with Gasteiger partial charge in [0, 0.05) is 31.5 Å². The van der Waals surface area contributed by atoms with Crippen LogP contribution in [0, 0.1) is 6.92 Å². The van der Waals surface area contributed by atoms with E-state index in [9.17, 15) is 4.79 Å². The Balaban J connectivity index is 1.77. The maximum absolute atomic E-state index is 13.0. The Kier molecular flexibility index (Phi) is 6.74. The molecule has 1 aromatic heterocycles. The van der Waals surface area contributed by atoms with Crippen molar-refractivity contribution in [1.29, 1.82) is 0 Å². The number of ether oxygens (including phenoxy) is 2. The van der Waals surface area contributed by atoms with Gasteiger partial charge in [0.1, 0.15) is 5.75 Å². The van der Waals surface area contributed by atoms with Gasteiger partial charge >= 0.3 is 6.03 Å². The van der Waals surface area contributed by atoms with Crippen molar-refractivity contribution in [3.63, 3.8) is 0 Å². The summed E-state index contributed by atoms with van der Waals surface area (Å²) in [6.07, 6.45) is 0.705. The van der Waals surface area contributed by atoms with Crippen molar-refractivity contribution >= 4 is 11.6 Å². The van der Waals surface area contributed by atoms with E-state index in [0.717, 1.165) is 28.0 Å². The van der Waals surface area contributed by atoms with Crippen molar-refractivity contribution in [3.8, 4) is 17.1 Å². The average molecular weight is 449 g/mol. The van der Waals surface area contributed by atoms with Crippen molar-refractivity contribution in [1.82, 2.24) is 20.4 Å². The summed E-state index contributed by atoms with van der Waals surface area (Å²) in [4.78, 5) is 19.4. The summed E-state index contributed by atoms with van der Waals surface area (Å²) < 4.78 is 16.3. The van der Waals surface area contributed by atoms with Crippen LogP contribution in [0.2, 0.25) is 0 Å². The molecule has 0 spiro atoms. The lowest BCUT2D eigenvalue weighted by Gasteiger charge is -2.35. The molecule has 2 heterocycles. The lowest BCUT2D eigenvalue weighted by molar-refractivity contribution is 0.174. The van der Waals surface area contributed by atoms with Crippen LogP contribution in [0.3, 0.4) is 0 Å². The zero-order valence-electron chi connectivity index (χ0n) is 19.3. The first-order valence-corrected chi connectivity index (χ1v) is 10.8. The molecule has 0 radical (unpaired) electrons. The number of allylic oxidation sites excluding steroid dienone is 1. The first-order chi connectivity index (χ1) is 16.0. The predicted molar refractivity (Wildman–Crippen MR) is 125 cm³/mol. The summed E-state index contributed by atoms with van der Waals surface area (Å²) in [7, 11) is 3.26. The molecule has 2 amide bonds. The van der Waals surface area contributed by atoms with Gasteiger partial charge in [-0.3, -0.25) is 4.90 Å². The molecule has 0 saturated heterocycles. The normalized spacial score (nSPS) is 16.2. The van der Waals surface area contributed by atoms with E-state index < -0.39 is 6.04 Å². The van der Waals surface area contributed by atoms with E-state index in [0.29, 0.717) is 37.0 Å². The maximum Gasteiger partial charge on any atom is 0.322 e. The molecular formula is C25H28N4O4. The predicted octanol–water partition coefficient (Wildman–Crippen LogP) is 4.59. The molecule has 172 valence electrons. The number of benzene rings is 2. The van der Waals surface area contributed by atoms with Crippen molar-refractivity contribution in [2.24, 2.45) is 0 Å². The van der Waals surface area contributed by atoms with Crippen LogP contribution in [-0.4, -0.2) is 48.4 Å². The summed E-state index contributed by atoms with van der Waals surface area (Å²) in [6.45, 7) is 5.01. The number of urea groups is 1. The fourth-order valence-electron chi connectivity index (χ4n) is 3.92. The van der Waals surface area contributed by atoms with E-state index in [1.54, 1.807) is 19.1 Å². The van der Waals surface area contributed by atoms with Gasteiger partial charge in [-0.05, 0) is 38.0 Å². The largest absolute Gasteiger partial charge is 0.497 e.